The Hall–Kier alpha value is -2.09. The average Bonchev–Trinajstić information content (AvgIpc) is 3.24. The Balaban J connectivity index is 1.37. The topological polar surface area (TPSA) is 59.5 Å². The third-order valence-corrected chi connectivity index (χ3v) is 8.88. The Labute approximate surface area is 192 Å². The molecule has 8 heteroatoms. The van der Waals surface area contributed by atoms with Crippen LogP contribution in [0.2, 0.25) is 5.02 Å². The van der Waals surface area contributed by atoms with Crippen LogP contribution in [0.25, 0.3) is 0 Å². The number of rotatable bonds is 7. The largest absolute Gasteiger partial charge is 0.494 e. The Morgan fingerprint density at radius 1 is 1.16 bits per heavy atom. The number of hydrogen-bond acceptors (Lipinski definition) is 6. The second kappa shape index (κ2) is 9.59. The van der Waals surface area contributed by atoms with Gasteiger partial charge in [-0.3, -0.25) is 0 Å². The minimum Gasteiger partial charge on any atom is -0.494 e. The van der Waals surface area contributed by atoms with Crippen molar-refractivity contribution in [3.8, 4) is 5.75 Å². The Morgan fingerprint density at radius 3 is 2.58 bits per heavy atom. The fourth-order valence-electron chi connectivity index (χ4n) is 3.80. The molecule has 0 saturated carbocycles. The predicted octanol–water partition coefficient (Wildman–Crippen LogP) is 5.23. The van der Waals surface area contributed by atoms with Crippen LogP contribution in [0.15, 0.2) is 58.8 Å². The summed E-state index contributed by atoms with van der Waals surface area (Å²) < 4.78 is 31.4. The zero-order valence-electron chi connectivity index (χ0n) is 17.3. The second-order valence-corrected chi connectivity index (χ2v) is 11.1. The molecule has 0 bridgehead atoms. The van der Waals surface area contributed by atoms with E-state index in [4.69, 9.17) is 21.3 Å². The third kappa shape index (κ3) is 5.22. The van der Waals surface area contributed by atoms with Gasteiger partial charge in [-0.2, -0.15) is 0 Å². The van der Waals surface area contributed by atoms with Crippen molar-refractivity contribution in [1.29, 1.82) is 0 Å². The molecule has 1 aromatic heterocycles. The summed E-state index contributed by atoms with van der Waals surface area (Å²) in [7, 11) is -3.37. The molecular formula is C23H25ClN2O3S2. The van der Waals surface area contributed by atoms with Gasteiger partial charge in [-0.1, -0.05) is 29.8 Å². The highest BCUT2D eigenvalue weighted by atomic mass is 35.5. The van der Waals surface area contributed by atoms with E-state index in [1.165, 1.54) is 11.6 Å². The van der Waals surface area contributed by atoms with Crippen LogP contribution in [0.1, 0.15) is 31.0 Å². The molecule has 164 valence electrons. The number of nitrogens with zero attached hydrogens (tertiary/aromatic N) is 2. The Kier molecular flexibility index (Phi) is 6.84. The maximum atomic E-state index is 13.0. The van der Waals surface area contributed by atoms with E-state index in [0.717, 1.165) is 23.0 Å². The molecule has 1 aliphatic rings. The summed E-state index contributed by atoms with van der Waals surface area (Å²) in [5.74, 6) is 0.876. The SMILES string of the molecule is CCOc1ccc(Cc2csc(N3CCC(S(=O)(=O)c4cccc(Cl)c4)CC3)n2)cc1. The second-order valence-electron chi connectivity index (χ2n) is 7.56. The van der Waals surface area contributed by atoms with Crippen LogP contribution in [-0.2, 0) is 16.3 Å². The molecule has 0 N–H and O–H groups in total. The van der Waals surface area contributed by atoms with Crippen LogP contribution in [0.5, 0.6) is 5.75 Å². The van der Waals surface area contributed by atoms with Crippen molar-refractivity contribution in [2.45, 2.75) is 36.3 Å². The van der Waals surface area contributed by atoms with E-state index < -0.39 is 9.84 Å². The number of hydrogen-bond donors (Lipinski definition) is 0. The van der Waals surface area contributed by atoms with Gasteiger partial charge in [-0.15, -0.1) is 11.3 Å². The Bertz CT molecular complexity index is 1120. The molecule has 1 aliphatic heterocycles. The molecule has 0 spiro atoms. The van der Waals surface area contributed by atoms with Gasteiger partial charge in [0.2, 0.25) is 0 Å². The van der Waals surface area contributed by atoms with E-state index in [1.807, 2.05) is 19.1 Å². The molecule has 0 atom stereocenters. The van der Waals surface area contributed by atoms with E-state index in [-0.39, 0.29) is 5.25 Å². The van der Waals surface area contributed by atoms with Gasteiger partial charge in [-0.05, 0) is 55.7 Å². The highest BCUT2D eigenvalue weighted by Gasteiger charge is 2.32. The van der Waals surface area contributed by atoms with Gasteiger partial charge in [0.05, 0.1) is 22.4 Å². The van der Waals surface area contributed by atoms with E-state index in [2.05, 4.69) is 22.4 Å². The summed E-state index contributed by atoms with van der Waals surface area (Å²) in [6.07, 6.45) is 1.94. The molecule has 2 heterocycles. The maximum absolute atomic E-state index is 13.0. The highest BCUT2D eigenvalue weighted by Crippen LogP contribution is 2.30. The highest BCUT2D eigenvalue weighted by molar-refractivity contribution is 7.92. The van der Waals surface area contributed by atoms with Crippen LogP contribution in [0, 0.1) is 0 Å². The van der Waals surface area contributed by atoms with Crippen molar-refractivity contribution in [1.82, 2.24) is 4.98 Å². The van der Waals surface area contributed by atoms with Gasteiger partial charge in [0.15, 0.2) is 15.0 Å². The molecule has 4 rings (SSSR count). The molecule has 2 aromatic carbocycles. The number of anilines is 1. The van der Waals surface area contributed by atoms with Crippen LogP contribution in [-0.4, -0.2) is 38.3 Å². The summed E-state index contributed by atoms with van der Waals surface area (Å²) in [4.78, 5) is 7.29. The summed E-state index contributed by atoms with van der Waals surface area (Å²) in [5, 5.41) is 3.10. The zero-order chi connectivity index (χ0) is 21.8. The van der Waals surface area contributed by atoms with E-state index in [0.29, 0.717) is 42.5 Å². The number of sulfone groups is 1. The van der Waals surface area contributed by atoms with Crippen LogP contribution >= 0.6 is 22.9 Å². The van der Waals surface area contributed by atoms with Gasteiger partial charge < -0.3 is 9.64 Å². The molecular weight excluding hydrogens is 452 g/mol. The standard InChI is InChI=1S/C23H25ClN2O3S2/c1-2-29-20-8-6-17(7-9-20)14-19-16-30-23(25-19)26-12-10-21(11-13-26)31(27,28)22-5-3-4-18(24)15-22/h3-9,15-16,21H,2,10-14H2,1H3. The fraction of sp³-hybridized carbons (Fsp3) is 0.348. The quantitative estimate of drug-likeness (QED) is 0.467. The number of halogens is 1. The molecule has 1 saturated heterocycles. The molecule has 31 heavy (non-hydrogen) atoms. The fourth-order valence-corrected chi connectivity index (χ4v) is 6.71. The summed E-state index contributed by atoms with van der Waals surface area (Å²) in [5.41, 5.74) is 2.21. The third-order valence-electron chi connectivity index (χ3n) is 5.44. The number of aromatic nitrogens is 1. The van der Waals surface area contributed by atoms with Crippen LogP contribution < -0.4 is 9.64 Å². The lowest BCUT2D eigenvalue weighted by Crippen LogP contribution is -2.39. The lowest BCUT2D eigenvalue weighted by Gasteiger charge is -2.31. The van der Waals surface area contributed by atoms with Gasteiger partial charge in [0, 0.05) is 29.9 Å². The van der Waals surface area contributed by atoms with Crippen molar-refractivity contribution in [3.63, 3.8) is 0 Å². The summed E-state index contributed by atoms with van der Waals surface area (Å²) in [6.45, 7) is 3.99. The van der Waals surface area contributed by atoms with Crippen molar-refractivity contribution >= 4 is 37.9 Å². The summed E-state index contributed by atoms with van der Waals surface area (Å²) in [6, 6.07) is 14.6. The average molecular weight is 477 g/mol. The lowest BCUT2D eigenvalue weighted by atomic mass is 10.1. The van der Waals surface area contributed by atoms with Crippen molar-refractivity contribution in [3.05, 3.63) is 70.2 Å². The van der Waals surface area contributed by atoms with Gasteiger partial charge in [0.25, 0.3) is 0 Å². The first-order valence-corrected chi connectivity index (χ1v) is 13.2. The van der Waals surface area contributed by atoms with Crippen LogP contribution in [0.4, 0.5) is 5.13 Å². The number of ether oxygens (including phenoxy) is 1. The summed E-state index contributed by atoms with van der Waals surface area (Å²) >= 11 is 7.61. The molecule has 5 nitrogen and oxygen atoms in total. The Morgan fingerprint density at radius 2 is 1.90 bits per heavy atom. The number of thiazole rings is 1. The zero-order valence-corrected chi connectivity index (χ0v) is 19.7. The molecule has 0 radical (unpaired) electrons. The molecule has 0 unspecified atom stereocenters. The lowest BCUT2D eigenvalue weighted by molar-refractivity contribution is 0.340. The molecule has 1 fully saturated rings. The smallest absolute Gasteiger partial charge is 0.185 e. The normalized spacial score (nSPS) is 15.2. The van der Waals surface area contributed by atoms with Crippen molar-refractivity contribution in [2.75, 3.05) is 24.6 Å². The minimum atomic E-state index is -3.37. The van der Waals surface area contributed by atoms with Gasteiger partial charge in [0.1, 0.15) is 5.75 Å². The first-order chi connectivity index (χ1) is 15.0. The maximum Gasteiger partial charge on any atom is 0.185 e. The molecule has 3 aromatic rings. The molecule has 0 aliphatic carbocycles. The first kappa shape index (κ1) is 22.1. The predicted molar refractivity (Wildman–Crippen MR) is 126 cm³/mol. The number of piperidine rings is 1. The van der Waals surface area contributed by atoms with E-state index in [1.54, 1.807) is 29.5 Å². The van der Waals surface area contributed by atoms with Gasteiger partial charge in [-0.25, -0.2) is 13.4 Å². The monoisotopic (exact) mass is 476 g/mol. The first-order valence-electron chi connectivity index (χ1n) is 10.4. The van der Waals surface area contributed by atoms with Gasteiger partial charge >= 0.3 is 0 Å². The van der Waals surface area contributed by atoms with E-state index >= 15 is 0 Å². The van der Waals surface area contributed by atoms with Crippen molar-refractivity contribution < 1.29 is 13.2 Å². The van der Waals surface area contributed by atoms with E-state index in [9.17, 15) is 8.42 Å². The van der Waals surface area contributed by atoms with Crippen LogP contribution in [0.3, 0.4) is 0 Å². The molecule has 0 amide bonds. The van der Waals surface area contributed by atoms with Crippen molar-refractivity contribution in [2.24, 2.45) is 0 Å². The number of benzene rings is 2. The minimum absolute atomic E-state index is 0.311.